The Labute approximate surface area is 81.2 Å². The lowest BCUT2D eigenvalue weighted by Crippen LogP contribution is -1.97. The minimum absolute atomic E-state index is 0.593. The summed E-state index contributed by atoms with van der Waals surface area (Å²) in [4.78, 5) is 0. The fourth-order valence-electron chi connectivity index (χ4n) is 1.41. The van der Waals surface area contributed by atoms with E-state index in [1.807, 2.05) is 0 Å². The van der Waals surface area contributed by atoms with Gasteiger partial charge in [-0.05, 0) is 34.0 Å². The van der Waals surface area contributed by atoms with Gasteiger partial charge in [-0.2, -0.15) is 0 Å². The van der Waals surface area contributed by atoms with E-state index in [2.05, 4.69) is 23.6 Å². The predicted molar refractivity (Wildman–Crippen MR) is 57.6 cm³/mol. The van der Waals surface area contributed by atoms with Crippen molar-refractivity contribution < 1.29 is 0 Å². The van der Waals surface area contributed by atoms with Crippen molar-refractivity contribution in [3.05, 3.63) is 34.7 Å². The first kappa shape index (κ1) is 8.69. The summed E-state index contributed by atoms with van der Waals surface area (Å²) in [5, 5.41) is 3.38. The molecular weight excluding hydrogens is 180 g/mol. The van der Waals surface area contributed by atoms with Gasteiger partial charge in [0, 0.05) is 17.8 Å². The SMILES string of the molecule is NCc1ccc2scc(CN)c2c1. The van der Waals surface area contributed by atoms with Crippen molar-refractivity contribution in [3.63, 3.8) is 0 Å². The molecule has 3 heteroatoms. The Morgan fingerprint density at radius 2 is 2.00 bits per heavy atom. The lowest BCUT2D eigenvalue weighted by atomic mass is 10.1. The number of benzene rings is 1. The first-order valence-corrected chi connectivity index (χ1v) is 5.12. The second kappa shape index (κ2) is 3.46. The monoisotopic (exact) mass is 192 g/mol. The normalized spacial score (nSPS) is 10.9. The molecule has 4 N–H and O–H groups in total. The molecule has 0 unspecified atom stereocenters. The molecule has 13 heavy (non-hydrogen) atoms. The van der Waals surface area contributed by atoms with Crippen LogP contribution in [0.15, 0.2) is 23.6 Å². The lowest BCUT2D eigenvalue weighted by Gasteiger charge is -1.98. The fourth-order valence-corrected chi connectivity index (χ4v) is 2.37. The highest BCUT2D eigenvalue weighted by atomic mass is 32.1. The van der Waals surface area contributed by atoms with Crippen molar-refractivity contribution in [2.24, 2.45) is 11.5 Å². The van der Waals surface area contributed by atoms with Gasteiger partial charge in [0.2, 0.25) is 0 Å². The molecule has 0 aliphatic rings. The average molecular weight is 192 g/mol. The van der Waals surface area contributed by atoms with E-state index >= 15 is 0 Å². The Morgan fingerprint density at radius 1 is 1.15 bits per heavy atom. The maximum absolute atomic E-state index is 5.63. The summed E-state index contributed by atoms with van der Waals surface area (Å²) in [5.74, 6) is 0. The standard InChI is InChI=1S/C10H12N2S/c11-4-7-1-2-10-9(3-7)8(5-12)6-13-10/h1-3,6H,4-5,11-12H2. The summed E-state index contributed by atoms with van der Waals surface area (Å²) in [5.41, 5.74) is 13.6. The van der Waals surface area contributed by atoms with E-state index in [0.717, 1.165) is 0 Å². The third-order valence-corrected chi connectivity index (χ3v) is 3.19. The molecular formula is C10H12N2S. The van der Waals surface area contributed by atoms with Crippen LogP contribution in [-0.4, -0.2) is 0 Å². The largest absolute Gasteiger partial charge is 0.326 e. The van der Waals surface area contributed by atoms with Crippen molar-refractivity contribution in [2.75, 3.05) is 0 Å². The van der Waals surface area contributed by atoms with Gasteiger partial charge >= 0.3 is 0 Å². The zero-order valence-electron chi connectivity index (χ0n) is 7.29. The van der Waals surface area contributed by atoms with Crippen LogP contribution in [-0.2, 0) is 13.1 Å². The van der Waals surface area contributed by atoms with E-state index in [-0.39, 0.29) is 0 Å². The van der Waals surface area contributed by atoms with Crippen LogP contribution < -0.4 is 11.5 Å². The van der Waals surface area contributed by atoms with Gasteiger partial charge in [-0.25, -0.2) is 0 Å². The number of nitrogens with two attached hydrogens (primary N) is 2. The Kier molecular flexibility index (Phi) is 2.31. The smallest absolute Gasteiger partial charge is 0.0346 e. The Balaban J connectivity index is 2.64. The summed E-state index contributed by atoms with van der Waals surface area (Å²) in [6.45, 7) is 1.20. The third kappa shape index (κ3) is 1.46. The van der Waals surface area contributed by atoms with Crippen LogP contribution in [0, 0.1) is 0 Å². The number of thiophene rings is 1. The summed E-state index contributed by atoms with van der Waals surface area (Å²) in [6.07, 6.45) is 0. The van der Waals surface area contributed by atoms with Gasteiger partial charge in [0.1, 0.15) is 0 Å². The number of rotatable bonds is 2. The molecule has 0 bridgehead atoms. The molecule has 0 spiro atoms. The molecule has 2 rings (SSSR count). The van der Waals surface area contributed by atoms with E-state index < -0.39 is 0 Å². The summed E-state index contributed by atoms with van der Waals surface area (Å²) < 4.78 is 1.29. The molecule has 1 aromatic heterocycles. The molecule has 0 radical (unpaired) electrons. The second-order valence-electron chi connectivity index (χ2n) is 3.00. The summed E-state index contributed by atoms with van der Waals surface area (Å²) in [6, 6.07) is 6.31. The topological polar surface area (TPSA) is 52.0 Å². The van der Waals surface area contributed by atoms with Crippen LogP contribution in [0.2, 0.25) is 0 Å². The Hall–Kier alpha value is -0.900. The van der Waals surface area contributed by atoms with Crippen LogP contribution >= 0.6 is 11.3 Å². The van der Waals surface area contributed by atoms with E-state index in [4.69, 9.17) is 11.5 Å². The number of fused-ring (bicyclic) bond motifs is 1. The lowest BCUT2D eigenvalue weighted by molar-refractivity contribution is 1.07. The molecule has 0 atom stereocenters. The highest BCUT2D eigenvalue weighted by Gasteiger charge is 2.02. The van der Waals surface area contributed by atoms with Crippen LogP contribution in [0.25, 0.3) is 10.1 Å². The van der Waals surface area contributed by atoms with Gasteiger partial charge in [-0.1, -0.05) is 6.07 Å². The zero-order chi connectivity index (χ0) is 9.26. The Bertz CT molecular complexity index is 420. The van der Waals surface area contributed by atoms with Crippen molar-refractivity contribution in [2.45, 2.75) is 13.1 Å². The second-order valence-corrected chi connectivity index (χ2v) is 3.91. The van der Waals surface area contributed by atoms with Gasteiger partial charge in [-0.15, -0.1) is 11.3 Å². The quantitative estimate of drug-likeness (QED) is 0.762. The molecule has 0 saturated heterocycles. The average Bonchev–Trinajstić information content (AvgIpc) is 2.59. The maximum Gasteiger partial charge on any atom is 0.0346 e. The van der Waals surface area contributed by atoms with Gasteiger partial charge < -0.3 is 11.5 Å². The maximum atomic E-state index is 5.63. The van der Waals surface area contributed by atoms with E-state index in [1.165, 1.54) is 21.2 Å². The van der Waals surface area contributed by atoms with Crippen molar-refractivity contribution in [1.29, 1.82) is 0 Å². The fraction of sp³-hybridized carbons (Fsp3) is 0.200. The number of hydrogen-bond donors (Lipinski definition) is 2. The van der Waals surface area contributed by atoms with E-state index in [0.29, 0.717) is 13.1 Å². The highest BCUT2D eigenvalue weighted by Crippen LogP contribution is 2.26. The van der Waals surface area contributed by atoms with E-state index in [9.17, 15) is 0 Å². The van der Waals surface area contributed by atoms with Crippen LogP contribution in [0.3, 0.4) is 0 Å². The molecule has 0 saturated carbocycles. The van der Waals surface area contributed by atoms with Gasteiger partial charge in [-0.3, -0.25) is 0 Å². The van der Waals surface area contributed by atoms with Crippen molar-refractivity contribution >= 4 is 21.4 Å². The summed E-state index contributed by atoms with van der Waals surface area (Å²) in [7, 11) is 0. The minimum atomic E-state index is 0.593. The molecule has 0 fully saturated rings. The molecule has 2 nitrogen and oxygen atoms in total. The van der Waals surface area contributed by atoms with Crippen LogP contribution in [0.5, 0.6) is 0 Å². The molecule has 0 aliphatic carbocycles. The summed E-state index contributed by atoms with van der Waals surface area (Å²) >= 11 is 1.74. The van der Waals surface area contributed by atoms with Gasteiger partial charge in [0.25, 0.3) is 0 Å². The molecule has 0 amide bonds. The third-order valence-electron chi connectivity index (χ3n) is 2.17. The first-order valence-electron chi connectivity index (χ1n) is 4.24. The Morgan fingerprint density at radius 3 is 2.69 bits per heavy atom. The molecule has 0 aliphatic heterocycles. The highest BCUT2D eigenvalue weighted by molar-refractivity contribution is 7.17. The molecule has 68 valence electrons. The molecule has 1 heterocycles. The molecule has 1 aromatic carbocycles. The van der Waals surface area contributed by atoms with Crippen LogP contribution in [0.4, 0.5) is 0 Å². The first-order chi connectivity index (χ1) is 6.35. The van der Waals surface area contributed by atoms with Crippen molar-refractivity contribution in [3.8, 4) is 0 Å². The molecule has 2 aromatic rings. The minimum Gasteiger partial charge on any atom is -0.326 e. The van der Waals surface area contributed by atoms with Crippen LogP contribution in [0.1, 0.15) is 11.1 Å². The number of hydrogen-bond acceptors (Lipinski definition) is 3. The zero-order valence-corrected chi connectivity index (χ0v) is 8.10. The van der Waals surface area contributed by atoms with Crippen molar-refractivity contribution in [1.82, 2.24) is 0 Å². The van der Waals surface area contributed by atoms with E-state index in [1.54, 1.807) is 11.3 Å². The van der Waals surface area contributed by atoms with Gasteiger partial charge in [0.15, 0.2) is 0 Å². The predicted octanol–water partition coefficient (Wildman–Crippen LogP) is 1.82. The van der Waals surface area contributed by atoms with Gasteiger partial charge in [0.05, 0.1) is 0 Å².